The van der Waals surface area contributed by atoms with Crippen molar-refractivity contribution in [1.29, 1.82) is 0 Å². The third-order valence-electron chi connectivity index (χ3n) is 5.46. The second-order valence-electron chi connectivity index (χ2n) is 6.89. The number of fused-ring (bicyclic) bond motifs is 1. The van der Waals surface area contributed by atoms with Gasteiger partial charge in [-0.2, -0.15) is 0 Å². The highest BCUT2D eigenvalue weighted by Gasteiger charge is 2.49. The first kappa shape index (κ1) is 13.4. The van der Waals surface area contributed by atoms with E-state index in [2.05, 4.69) is 27.7 Å². The molecule has 2 rings (SSSR count). The third kappa shape index (κ3) is 2.26. The summed E-state index contributed by atoms with van der Waals surface area (Å²) < 4.78 is 0. The Hall–Kier alpha value is -0.0800. The molecule has 2 N–H and O–H groups in total. The number of hydrogen-bond donors (Lipinski definition) is 2. The SMILES string of the molecule is CC(C)C1CCC(C)C2C(O)CC(C)C2C1O. The summed E-state index contributed by atoms with van der Waals surface area (Å²) in [5.41, 5.74) is 0. The highest BCUT2D eigenvalue weighted by Crippen LogP contribution is 2.49. The third-order valence-corrected chi connectivity index (χ3v) is 5.46. The van der Waals surface area contributed by atoms with E-state index >= 15 is 0 Å². The molecule has 0 radical (unpaired) electrons. The molecule has 17 heavy (non-hydrogen) atoms. The van der Waals surface area contributed by atoms with E-state index < -0.39 is 0 Å². The lowest BCUT2D eigenvalue weighted by Crippen LogP contribution is -2.37. The molecule has 2 fully saturated rings. The van der Waals surface area contributed by atoms with Crippen molar-refractivity contribution in [2.75, 3.05) is 0 Å². The maximum Gasteiger partial charge on any atom is 0.0605 e. The summed E-state index contributed by atoms with van der Waals surface area (Å²) in [6, 6.07) is 0. The summed E-state index contributed by atoms with van der Waals surface area (Å²) in [5, 5.41) is 20.9. The lowest BCUT2D eigenvalue weighted by atomic mass is 9.76. The molecule has 2 aliphatic rings. The normalized spacial score (nSPS) is 51.4. The van der Waals surface area contributed by atoms with Crippen LogP contribution < -0.4 is 0 Å². The first-order valence-electron chi connectivity index (χ1n) is 7.29. The van der Waals surface area contributed by atoms with Crippen LogP contribution in [0.4, 0.5) is 0 Å². The molecule has 0 aromatic carbocycles. The maximum absolute atomic E-state index is 10.7. The zero-order valence-electron chi connectivity index (χ0n) is 11.6. The van der Waals surface area contributed by atoms with Gasteiger partial charge < -0.3 is 10.2 Å². The fraction of sp³-hybridized carbons (Fsp3) is 1.00. The molecule has 0 aromatic rings. The summed E-state index contributed by atoms with van der Waals surface area (Å²) in [4.78, 5) is 0. The summed E-state index contributed by atoms with van der Waals surface area (Å²) >= 11 is 0. The molecule has 0 saturated heterocycles. The van der Waals surface area contributed by atoms with Gasteiger partial charge in [-0.1, -0.05) is 27.7 Å². The molecule has 2 nitrogen and oxygen atoms in total. The monoisotopic (exact) mass is 240 g/mol. The Labute approximate surface area is 105 Å². The van der Waals surface area contributed by atoms with Gasteiger partial charge >= 0.3 is 0 Å². The standard InChI is InChI=1S/C15H28O2/c1-8(2)11-6-5-9(3)13-12(16)7-10(4)14(13)15(11)17/h8-17H,5-7H2,1-4H3. The van der Waals surface area contributed by atoms with Crippen molar-refractivity contribution in [1.82, 2.24) is 0 Å². The molecule has 7 unspecified atom stereocenters. The average Bonchev–Trinajstić information content (AvgIpc) is 2.44. The first-order valence-corrected chi connectivity index (χ1v) is 7.29. The molecule has 7 atom stereocenters. The number of hydrogen-bond acceptors (Lipinski definition) is 2. The van der Waals surface area contributed by atoms with Crippen molar-refractivity contribution in [2.24, 2.45) is 35.5 Å². The summed E-state index contributed by atoms with van der Waals surface area (Å²) in [7, 11) is 0. The van der Waals surface area contributed by atoms with Gasteiger partial charge in [0.1, 0.15) is 0 Å². The molecule has 2 heteroatoms. The Bertz CT molecular complexity index is 264. The van der Waals surface area contributed by atoms with Gasteiger partial charge in [-0.3, -0.25) is 0 Å². The van der Waals surface area contributed by atoms with Gasteiger partial charge in [-0.05, 0) is 54.8 Å². The van der Waals surface area contributed by atoms with Crippen LogP contribution in [0, 0.1) is 35.5 Å². The van der Waals surface area contributed by atoms with E-state index in [0.29, 0.717) is 35.5 Å². The van der Waals surface area contributed by atoms with E-state index in [-0.39, 0.29) is 12.2 Å². The molecular weight excluding hydrogens is 212 g/mol. The minimum Gasteiger partial charge on any atom is -0.393 e. The average molecular weight is 240 g/mol. The highest BCUT2D eigenvalue weighted by molar-refractivity contribution is 4.99. The number of rotatable bonds is 1. The van der Waals surface area contributed by atoms with E-state index in [9.17, 15) is 10.2 Å². The predicted molar refractivity (Wildman–Crippen MR) is 69.5 cm³/mol. The second-order valence-corrected chi connectivity index (χ2v) is 6.89. The van der Waals surface area contributed by atoms with Crippen LogP contribution in [-0.2, 0) is 0 Å². The minimum atomic E-state index is -0.211. The van der Waals surface area contributed by atoms with Crippen molar-refractivity contribution in [2.45, 2.75) is 59.2 Å². The van der Waals surface area contributed by atoms with Gasteiger partial charge in [0.2, 0.25) is 0 Å². The van der Waals surface area contributed by atoms with Crippen LogP contribution in [0.25, 0.3) is 0 Å². The molecular formula is C15H28O2. The van der Waals surface area contributed by atoms with E-state index in [1.165, 1.54) is 0 Å². The largest absolute Gasteiger partial charge is 0.393 e. The molecule has 2 saturated carbocycles. The molecule has 100 valence electrons. The van der Waals surface area contributed by atoms with Crippen LogP contribution in [0.2, 0.25) is 0 Å². The molecule has 0 spiro atoms. The lowest BCUT2D eigenvalue weighted by molar-refractivity contribution is -0.00839. The first-order chi connectivity index (χ1) is 7.93. The number of aliphatic hydroxyl groups is 2. The van der Waals surface area contributed by atoms with E-state index in [0.717, 1.165) is 19.3 Å². The maximum atomic E-state index is 10.7. The number of aliphatic hydroxyl groups excluding tert-OH is 2. The van der Waals surface area contributed by atoms with Gasteiger partial charge in [0.25, 0.3) is 0 Å². The molecule has 0 heterocycles. The van der Waals surface area contributed by atoms with Gasteiger partial charge in [-0.15, -0.1) is 0 Å². The van der Waals surface area contributed by atoms with Crippen LogP contribution >= 0.6 is 0 Å². The topological polar surface area (TPSA) is 40.5 Å². The highest BCUT2D eigenvalue weighted by atomic mass is 16.3. The van der Waals surface area contributed by atoms with Gasteiger partial charge in [0, 0.05) is 0 Å². The molecule has 0 aliphatic heterocycles. The molecule has 0 bridgehead atoms. The Morgan fingerprint density at radius 3 is 2.18 bits per heavy atom. The Morgan fingerprint density at radius 1 is 0.941 bits per heavy atom. The van der Waals surface area contributed by atoms with Gasteiger partial charge in [0.05, 0.1) is 12.2 Å². The van der Waals surface area contributed by atoms with Crippen molar-refractivity contribution in [3.63, 3.8) is 0 Å². The van der Waals surface area contributed by atoms with E-state index in [4.69, 9.17) is 0 Å². The molecule has 2 aliphatic carbocycles. The van der Waals surface area contributed by atoms with Crippen molar-refractivity contribution >= 4 is 0 Å². The summed E-state index contributed by atoms with van der Waals surface area (Å²) in [5.74, 6) is 2.62. The smallest absolute Gasteiger partial charge is 0.0605 e. The van der Waals surface area contributed by atoms with E-state index in [1.807, 2.05) is 0 Å². The Balaban J connectivity index is 2.26. The van der Waals surface area contributed by atoms with Crippen LogP contribution in [0.3, 0.4) is 0 Å². The zero-order valence-corrected chi connectivity index (χ0v) is 11.6. The van der Waals surface area contributed by atoms with Crippen molar-refractivity contribution < 1.29 is 10.2 Å². The molecule has 0 aromatic heterocycles. The Morgan fingerprint density at radius 2 is 1.59 bits per heavy atom. The van der Waals surface area contributed by atoms with Crippen LogP contribution in [0.5, 0.6) is 0 Å². The van der Waals surface area contributed by atoms with Crippen molar-refractivity contribution in [3.8, 4) is 0 Å². The van der Waals surface area contributed by atoms with Gasteiger partial charge in [-0.25, -0.2) is 0 Å². The second kappa shape index (κ2) is 4.89. The van der Waals surface area contributed by atoms with Crippen LogP contribution in [-0.4, -0.2) is 22.4 Å². The predicted octanol–water partition coefficient (Wildman–Crippen LogP) is 2.68. The lowest BCUT2D eigenvalue weighted by Gasteiger charge is -2.33. The summed E-state index contributed by atoms with van der Waals surface area (Å²) in [6.07, 6.45) is 2.75. The summed E-state index contributed by atoms with van der Waals surface area (Å²) in [6.45, 7) is 8.89. The fourth-order valence-corrected chi connectivity index (χ4v) is 4.49. The van der Waals surface area contributed by atoms with Gasteiger partial charge in [0.15, 0.2) is 0 Å². The van der Waals surface area contributed by atoms with E-state index in [1.54, 1.807) is 0 Å². The molecule has 0 amide bonds. The zero-order chi connectivity index (χ0) is 12.7. The van der Waals surface area contributed by atoms with Crippen LogP contribution in [0.15, 0.2) is 0 Å². The van der Waals surface area contributed by atoms with Crippen molar-refractivity contribution in [3.05, 3.63) is 0 Å². The Kier molecular flexibility index (Phi) is 3.84. The van der Waals surface area contributed by atoms with Crippen LogP contribution in [0.1, 0.15) is 47.0 Å². The fourth-order valence-electron chi connectivity index (χ4n) is 4.49. The quantitative estimate of drug-likeness (QED) is 0.740. The minimum absolute atomic E-state index is 0.189.